The first-order valence-corrected chi connectivity index (χ1v) is 7.45. The van der Waals surface area contributed by atoms with Gasteiger partial charge in [0.15, 0.2) is 0 Å². The Morgan fingerprint density at radius 2 is 1.96 bits per heavy atom. The van der Waals surface area contributed by atoms with Crippen molar-refractivity contribution in [3.8, 4) is 5.75 Å². The third-order valence-electron chi connectivity index (χ3n) is 3.93. The minimum Gasteiger partial charge on any atom is -0.495 e. The van der Waals surface area contributed by atoms with E-state index >= 15 is 0 Å². The number of ether oxygens (including phenoxy) is 1. The predicted molar refractivity (Wildman–Crippen MR) is 88.9 cm³/mol. The van der Waals surface area contributed by atoms with Gasteiger partial charge in [0.25, 0.3) is 0 Å². The SMILES string of the molecule is COc1ccc(C)cc1NC(=O)C(=O)N1CCc2ccccc21. The van der Waals surface area contributed by atoms with Crippen LogP contribution < -0.4 is 15.0 Å². The Balaban J connectivity index is 1.79. The van der Waals surface area contributed by atoms with E-state index in [1.807, 2.05) is 37.3 Å². The molecule has 0 aliphatic carbocycles. The summed E-state index contributed by atoms with van der Waals surface area (Å²) in [5.74, 6) is -0.692. The second-order valence-corrected chi connectivity index (χ2v) is 5.49. The number of rotatable bonds is 2. The fourth-order valence-electron chi connectivity index (χ4n) is 2.77. The molecule has 0 atom stereocenters. The monoisotopic (exact) mass is 310 g/mol. The van der Waals surface area contributed by atoms with E-state index in [9.17, 15) is 9.59 Å². The maximum absolute atomic E-state index is 12.5. The lowest BCUT2D eigenvalue weighted by molar-refractivity contribution is -0.134. The van der Waals surface area contributed by atoms with Gasteiger partial charge in [-0.1, -0.05) is 24.3 Å². The summed E-state index contributed by atoms with van der Waals surface area (Å²) < 4.78 is 5.22. The van der Waals surface area contributed by atoms with Crippen molar-refractivity contribution in [2.24, 2.45) is 0 Å². The van der Waals surface area contributed by atoms with E-state index in [4.69, 9.17) is 4.74 Å². The zero-order valence-corrected chi connectivity index (χ0v) is 13.1. The van der Waals surface area contributed by atoms with Crippen molar-refractivity contribution in [2.75, 3.05) is 23.9 Å². The molecule has 1 aliphatic rings. The lowest BCUT2D eigenvalue weighted by Crippen LogP contribution is -2.38. The molecule has 1 heterocycles. The quantitative estimate of drug-likeness (QED) is 0.867. The average molecular weight is 310 g/mol. The Bertz CT molecular complexity index is 771. The lowest BCUT2D eigenvalue weighted by atomic mass is 10.2. The molecule has 118 valence electrons. The van der Waals surface area contributed by atoms with E-state index in [0.717, 1.165) is 23.2 Å². The van der Waals surface area contributed by atoms with Crippen LogP contribution in [0.5, 0.6) is 5.75 Å². The van der Waals surface area contributed by atoms with Crippen LogP contribution in [-0.2, 0) is 16.0 Å². The molecule has 0 spiro atoms. The van der Waals surface area contributed by atoms with Crippen molar-refractivity contribution in [1.29, 1.82) is 0 Å². The lowest BCUT2D eigenvalue weighted by Gasteiger charge is -2.17. The molecule has 2 aromatic carbocycles. The number of amides is 2. The Kier molecular flexibility index (Phi) is 4.02. The smallest absolute Gasteiger partial charge is 0.316 e. The van der Waals surface area contributed by atoms with Crippen molar-refractivity contribution >= 4 is 23.2 Å². The van der Waals surface area contributed by atoms with Crippen LogP contribution in [0.25, 0.3) is 0 Å². The molecule has 0 bridgehead atoms. The van der Waals surface area contributed by atoms with Crippen LogP contribution in [0.3, 0.4) is 0 Å². The Morgan fingerprint density at radius 1 is 1.17 bits per heavy atom. The van der Waals surface area contributed by atoms with Gasteiger partial charge in [0, 0.05) is 12.2 Å². The van der Waals surface area contributed by atoms with Crippen molar-refractivity contribution in [3.63, 3.8) is 0 Å². The van der Waals surface area contributed by atoms with Gasteiger partial charge in [-0.3, -0.25) is 9.59 Å². The molecule has 1 N–H and O–H groups in total. The number of hydrogen-bond donors (Lipinski definition) is 1. The number of anilines is 2. The van der Waals surface area contributed by atoms with Gasteiger partial charge in [0.05, 0.1) is 12.8 Å². The van der Waals surface area contributed by atoms with Crippen molar-refractivity contribution in [1.82, 2.24) is 0 Å². The zero-order valence-electron chi connectivity index (χ0n) is 13.1. The first-order chi connectivity index (χ1) is 11.1. The largest absolute Gasteiger partial charge is 0.495 e. The van der Waals surface area contributed by atoms with Gasteiger partial charge in [-0.2, -0.15) is 0 Å². The Morgan fingerprint density at radius 3 is 2.74 bits per heavy atom. The highest BCUT2D eigenvalue weighted by atomic mass is 16.5. The highest BCUT2D eigenvalue weighted by Gasteiger charge is 2.29. The summed E-state index contributed by atoms with van der Waals surface area (Å²) in [6, 6.07) is 13.1. The van der Waals surface area contributed by atoms with E-state index in [1.165, 1.54) is 12.0 Å². The first-order valence-electron chi connectivity index (χ1n) is 7.45. The van der Waals surface area contributed by atoms with Crippen LogP contribution >= 0.6 is 0 Å². The standard InChI is InChI=1S/C18H18N2O3/c1-12-7-8-16(23-2)14(11-12)19-17(21)18(22)20-10-9-13-5-3-4-6-15(13)20/h3-8,11H,9-10H2,1-2H3,(H,19,21). The summed E-state index contributed by atoms with van der Waals surface area (Å²) in [6.45, 7) is 2.43. The second-order valence-electron chi connectivity index (χ2n) is 5.49. The van der Waals surface area contributed by atoms with Crippen LogP contribution in [0.2, 0.25) is 0 Å². The summed E-state index contributed by atoms with van der Waals surface area (Å²) in [5, 5.41) is 2.65. The van der Waals surface area contributed by atoms with Crippen LogP contribution in [0.4, 0.5) is 11.4 Å². The highest BCUT2D eigenvalue weighted by Crippen LogP contribution is 2.28. The van der Waals surface area contributed by atoms with Crippen molar-refractivity contribution in [3.05, 3.63) is 53.6 Å². The molecule has 0 saturated carbocycles. The molecule has 0 fully saturated rings. The van der Waals surface area contributed by atoms with Crippen LogP contribution in [-0.4, -0.2) is 25.5 Å². The fourth-order valence-corrected chi connectivity index (χ4v) is 2.77. The minimum absolute atomic E-state index is 0.498. The third-order valence-corrected chi connectivity index (χ3v) is 3.93. The summed E-state index contributed by atoms with van der Waals surface area (Å²) in [6.07, 6.45) is 0.767. The number of methoxy groups -OCH3 is 1. The second kappa shape index (κ2) is 6.12. The Hall–Kier alpha value is -2.82. The molecule has 5 nitrogen and oxygen atoms in total. The number of nitrogens with one attached hydrogen (secondary N) is 1. The third kappa shape index (κ3) is 2.90. The number of aryl methyl sites for hydroxylation is 1. The predicted octanol–water partition coefficient (Wildman–Crippen LogP) is 2.53. The highest BCUT2D eigenvalue weighted by molar-refractivity contribution is 6.44. The van der Waals surface area contributed by atoms with Gasteiger partial charge in [-0.25, -0.2) is 0 Å². The number of carbonyl (C=O) groups excluding carboxylic acids is 2. The molecule has 2 amide bonds. The van der Waals surface area contributed by atoms with E-state index in [-0.39, 0.29) is 0 Å². The number of hydrogen-bond acceptors (Lipinski definition) is 3. The number of nitrogens with zero attached hydrogens (tertiary/aromatic N) is 1. The number of benzene rings is 2. The molecule has 0 unspecified atom stereocenters. The number of carbonyl (C=O) groups is 2. The summed E-state index contributed by atoms with van der Waals surface area (Å²) in [4.78, 5) is 26.3. The summed E-state index contributed by atoms with van der Waals surface area (Å²) >= 11 is 0. The van der Waals surface area contributed by atoms with Crippen molar-refractivity contribution < 1.29 is 14.3 Å². The van der Waals surface area contributed by atoms with Gasteiger partial charge in [0.2, 0.25) is 0 Å². The van der Waals surface area contributed by atoms with Gasteiger partial charge in [-0.05, 0) is 42.7 Å². The van der Waals surface area contributed by atoms with Crippen LogP contribution in [0, 0.1) is 6.92 Å². The normalized spacial score (nSPS) is 12.7. The molecule has 3 rings (SSSR count). The summed E-state index contributed by atoms with van der Waals surface area (Å²) in [5.41, 5.74) is 3.36. The van der Waals surface area contributed by atoms with Gasteiger partial charge in [-0.15, -0.1) is 0 Å². The van der Waals surface area contributed by atoms with Crippen LogP contribution in [0.15, 0.2) is 42.5 Å². The maximum atomic E-state index is 12.5. The topological polar surface area (TPSA) is 58.6 Å². The molecule has 0 aromatic heterocycles. The van der Waals surface area contributed by atoms with E-state index in [2.05, 4.69) is 5.32 Å². The van der Waals surface area contributed by atoms with E-state index in [0.29, 0.717) is 18.0 Å². The Labute approximate surface area is 134 Å². The fraction of sp³-hybridized carbons (Fsp3) is 0.222. The first kappa shape index (κ1) is 15.1. The van der Waals surface area contributed by atoms with Crippen LogP contribution in [0.1, 0.15) is 11.1 Å². The van der Waals surface area contributed by atoms with Crippen molar-refractivity contribution in [2.45, 2.75) is 13.3 Å². The number of fused-ring (bicyclic) bond motifs is 1. The van der Waals surface area contributed by atoms with E-state index < -0.39 is 11.8 Å². The molecule has 5 heteroatoms. The summed E-state index contributed by atoms with van der Waals surface area (Å²) in [7, 11) is 1.53. The molecular weight excluding hydrogens is 292 g/mol. The zero-order chi connectivity index (χ0) is 16.4. The molecule has 23 heavy (non-hydrogen) atoms. The molecule has 0 radical (unpaired) electrons. The van der Waals surface area contributed by atoms with E-state index in [1.54, 1.807) is 12.1 Å². The van der Waals surface area contributed by atoms with Gasteiger partial charge < -0.3 is 15.0 Å². The number of para-hydroxylation sites is 1. The van der Waals surface area contributed by atoms with Gasteiger partial charge >= 0.3 is 11.8 Å². The minimum atomic E-state index is -0.661. The average Bonchev–Trinajstić information content (AvgIpc) is 2.98. The molecule has 1 aliphatic heterocycles. The molecule has 2 aromatic rings. The molecule has 0 saturated heterocycles. The molecular formula is C18H18N2O3. The maximum Gasteiger partial charge on any atom is 0.316 e. The van der Waals surface area contributed by atoms with Gasteiger partial charge in [0.1, 0.15) is 5.75 Å².